The summed E-state index contributed by atoms with van der Waals surface area (Å²) in [4.78, 5) is 0.104. The average molecular weight is 304 g/mol. The van der Waals surface area contributed by atoms with Gasteiger partial charge >= 0.3 is 0 Å². The molecule has 1 aliphatic rings. The zero-order valence-electron chi connectivity index (χ0n) is 10.3. The maximum atomic E-state index is 12.4. The molecule has 2 rings (SSSR count). The predicted octanol–water partition coefficient (Wildman–Crippen LogP) is 0.0780. The molecule has 0 amide bonds. The molecule has 0 atom stereocenters. The number of nitrogens with two attached hydrogens (primary N) is 1. The van der Waals surface area contributed by atoms with Crippen LogP contribution < -0.4 is 5.73 Å². The lowest BCUT2D eigenvalue weighted by Crippen LogP contribution is -2.33. The molecule has 6 nitrogen and oxygen atoms in total. The lowest BCUT2D eigenvalue weighted by atomic mass is 10.3. The van der Waals surface area contributed by atoms with Crippen LogP contribution in [0.1, 0.15) is 6.42 Å². The van der Waals surface area contributed by atoms with E-state index in [1.165, 1.54) is 16.4 Å². The molecule has 0 aliphatic carbocycles. The van der Waals surface area contributed by atoms with Gasteiger partial charge in [-0.1, -0.05) is 6.07 Å². The molecule has 1 fully saturated rings. The number of sulfonamides is 1. The van der Waals surface area contributed by atoms with Crippen molar-refractivity contribution in [3.8, 4) is 0 Å². The van der Waals surface area contributed by atoms with E-state index in [0.29, 0.717) is 12.1 Å². The van der Waals surface area contributed by atoms with Crippen molar-refractivity contribution >= 4 is 25.5 Å². The van der Waals surface area contributed by atoms with Crippen molar-refractivity contribution in [3.63, 3.8) is 0 Å². The molecule has 0 spiro atoms. The summed E-state index contributed by atoms with van der Waals surface area (Å²) in [5.74, 6) is -0.0928. The third-order valence-electron chi connectivity index (χ3n) is 3.01. The fourth-order valence-corrected chi connectivity index (χ4v) is 4.90. The minimum Gasteiger partial charge on any atom is -0.399 e. The van der Waals surface area contributed by atoms with Crippen LogP contribution in [0.2, 0.25) is 0 Å². The molecule has 0 radical (unpaired) electrons. The van der Waals surface area contributed by atoms with E-state index in [0.717, 1.165) is 0 Å². The van der Waals surface area contributed by atoms with Gasteiger partial charge in [0.1, 0.15) is 0 Å². The Bertz CT molecular complexity index is 668. The van der Waals surface area contributed by atoms with Crippen molar-refractivity contribution in [2.45, 2.75) is 11.3 Å². The minimum absolute atomic E-state index is 0.000530. The summed E-state index contributed by atoms with van der Waals surface area (Å²) in [6, 6.07) is 6.02. The van der Waals surface area contributed by atoms with E-state index in [9.17, 15) is 16.8 Å². The monoisotopic (exact) mass is 304 g/mol. The molecule has 2 N–H and O–H groups in total. The fourth-order valence-electron chi connectivity index (χ4n) is 1.98. The van der Waals surface area contributed by atoms with E-state index in [4.69, 9.17) is 5.73 Å². The number of anilines is 1. The largest absolute Gasteiger partial charge is 0.399 e. The summed E-state index contributed by atoms with van der Waals surface area (Å²) in [7, 11) is -6.80. The number of sulfone groups is 1. The van der Waals surface area contributed by atoms with E-state index < -0.39 is 19.9 Å². The Kier molecular flexibility index (Phi) is 3.84. The van der Waals surface area contributed by atoms with E-state index in [2.05, 4.69) is 0 Å². The SMILES string of the molecule is Nc1cccc(S(=O)(=O)N2CCCS(=O)(=O)CC2)c1. The molecule has 0 aromatic heterocycles. The van der Waals surface area contributed by atoms with Gasteiger partial charge in [-0.25, -0.2) is 16.8 Å². The fraction of sp³-hybridized carbons (Fsp3) is 0.455. The van der Waals surface area contributed by atoms with Gasteiger partial charge in [-0.15, -0.1) is 0 Å². The maximum Gasteiger partial charge on any atom is 0.243 e. The summed E-state index contributed by atoms with van der Waals surface area (Å²) >= 11 is 0. The number of hydrogen-bond acceptors (Lipinski definition) is 5. The maximum absolute atomic E-state index is 12.4. The molecular weight excluding hydrogens is 288 g/mol. The molecule has 8 heteroatoms. The molecule has 106 valence electrons. The quantitative estimate of drug-likeness (QED) is 0.780. The molecule has 1 saturated heterocycles. The van der Waals surface area contributed by atoms with E-state index >= 15 is 0 Å². The summed E-state index contributed by atoms with van der Waals surface area (Å²) in [6.45, 7) is 0.218. The van der Waals surface area contributed by atoms with Crippen LogP contribution in [0.3, 0.4) is 0 Å². The van der Waals surface area contributed by atoms with E-state index in [1.807, 2.05) is 0 Å². The van der Waals surface area contributed by atoms with Crippen LogP contribution in [0.25, 0.3) is 0 Å². The van der Waals surface area contributed by atoms with Crippen molar-refractivity contribution < 1.29 is 16.8 Å². The molecule has 19 heavy (non-hydrogen) atoms. The number of nitrogen functional groups attached to an aromatic ring is 1. The van der Waals surface area contributed by atoms with Crippen molar-refractivity contribution in [2.75, 3.05) is 30.3 Å². The van der Waals surface area contributed by atoms with Gasteiger partial charge in [-0.05, 0) is 24.6 Å². The molecule has 0 unspecified atom stereocenters. The van der Waals surface area contributed by atoms with E-state index in [1.54, 1.807) is 12.1 Å². The number of benzene rings is 1. The highest BCUT2D eigenvalue weighted by Crippen LogP contribution is 2.20. The first-order valence-corrected chi connectivity index (χ1v) is 9.13. The molecule has 1 aliphatic heterocycles. The summed E-state index contributed by atoms with van der Waals surface area (Å²) < 4.78 is 49.0. The second kappa shape index (κ2) is 5.10. The Morgan fingerprint density at radius 2 is 1.89 bits per heavy atom. The average Bonchev–Trinajstić information content (AvgIpc) is 2.50. The van der Waals surface area contributed by atoms with Gasteiger partial charge in [-0.3, -0.25) is 0 Å². The van der Waals surface area contributed by atoms with Crippen molar-refractivity contribution in [3.05, 3.63) is 24.3 Å². The van der Waals surface area contributed by atoms with Crippen molar-refractivity contribution in [1.29, 1.82) is 0 Å². The first kappa shape index (κ1) is 14.3. The normalized spacial score (nSPS) is 20.8. The van der Waals surface area contributed by atoms with Crippen LogP contribution in [-0.2, 0) is 19.9 Å². The van der Waals surface area contributed by atoms with Crippen LogP contribution in [0, 0.1) is 0 Å². The Labute approximate surface area is 113 Å². The topological polar surface area (TPSA) is 97.5 Å². The highest BCUT2D eigenvalue weighted by Gasteiger charge is 2.28. The Hall–Kier alpha value is -1.12. The first-order chi connectivity index (χ1) is 8.81. The molecule has 1 aromatic carbocycles. The third-order valence-corrected chi connectivity index (χ3v) is 6.62. The minimum atomic E-state index is -3.67. The van der Waals surface area contributed by atoms with Crippen LogP contribution in [0.5, 0.6) is 0 Å². The van der Waals surface area contributed by atoms with Gasteiger partial charge in [0, 0.05) is 18.8 Å². The summed E-state index contributed by atoms with van der Waals surface area (Å²) in [5.41, 5.74) is 5.94. The van der Waals surface area contributed by atoms with Crippen LogP contribution in [0.15, 0.2) is 29.2 Å². The Balaban J connectivity index is 2.30. The summed E-state index contributed by atoms with van der Waals surface area (Å²) in [5, 5.41) is 0. The van der Waals surface area contributed by atoms with Gasteiger partial charge in [0.05, 0.1) is 16.4 Å². The number of rotatable bonds is 2. The highest BCUT2D eigenvalue weighted by atomic mass is 32.2. The van der Waals surface area contributed by atoms with Crippen molar-refractivity contribution in [1.82, 2.24) is 4.31 Å². The van der Waals surface area contributed by atoms with Gasteiger partial charge < -0.3 is 5.73 Å². The Morgan fingerprint density at radius 1 is 1.16 bits per heavy atom. The third kappa shape index (κ3) is 3.26. The molecule has 0 saturated carbocycles. The highest BCUT2D eigenvalue weighted by molar-refractivity contribution is 7.91. The Morgan fingerprint density at radius 3 is 2.58 bits per heavy atom. The molecule has 0 bridgehead atoms. The van der Waals surface area contributed by atoms with Crippen molar-refractivity contribution in [2.24, 2.45) is 0 Å². The van der Waals surface area contributed by atoms with E-state index in [-0.39, 0.29) is 29.5 Å². The predicted molar refractivity (Wildman–Crippen MR) is 72.9 cm³/mol. The molecule has 1 aromatic rings. The second-order valence-electron chi connectivity index (χ2n) is 4.48. The number of nitrogens with zero attached hydrogens (tertiary/aromatic N) is 1. The second-order valence-corrected chi connectivity index (χ2v) is 8.72. The zero-order chi connectivity index (χ0) is 14.1. The van der Waals surface area contributed by atoms with Crippen LogP contribution in [0.4, 0.5) is 5.69 Å². The zero-order valence-corrected chi connectivity index (χ0v) is 12.0. The van der Waals surface area contributed by atoms with Gasteiger partial charge in [-0.2, -0.15) is 4.31 Å². The lowest BCUT2D eigenvalue weighted by molar-refractivity contribution is 0.434. The standard InChI is InChI=1S/C11H16N2O4S2/c12-10-3-1-4-11(9-10)19(16,17)13-5-2-7-18(14,15)8-6-13/h1,3-4,9H,2,5-8,12H2. The van der Waals surface area contributed by atoms with Gasteiger partial charge in [0.2, 0.25) is 10.0 Å². The summed E-state index contributed by atoms with van der Waals surface area (Å²) in [6.07, 6.45) is 0.323. The first-order valence-electron chi connectivity index (χ1n) is 5.87. The van der Waals surface area contributed by atoms with Crippen LogP contribution in [-0.4, -0.2) is 45.7 Å². The van der Waals surface area contributed by atoms with Gasteiger partial charge in [0.25, 0.3) is 0 Å². The molecule has 1 heterocycles. The van der Waals surface area contributed by atoms with Crippen LogP contribution >= 0.6 is 0 Å². The van der Waals surface area contributed by atoms with Gasteiger partial charge in [0.15, 0.2) is 9.84 Å². The lowest BCUT2D eigenvalue weighted by Gasteiger charge is -2.19. The number of hydrogen-bond donors (Lipinski definition) is 1. The molecular formula is C11H16N2O4S2. The smallest absolute Gasteiger partial charge is 0.243 e.